The van der Waals surface area contributed by atoms with Crippen LogP contribution < -0.4 is 0 Å². The van der Waals surface area contributed by atoms with Crippen LogP contribution in [0.3, 0.4) is 0 Å². The molecule has 1 fully saturated rings. The van der Waals surface area contributed by atoms with E-state index < -0.39 is 28.3 Å². The fraction of sp³-hybridized carbons (Fsp3) is 0.375. The number of carbonyl (C=O) groups is 2. The summed E-state index contributed by atoms with van der Waals surface area (Å²) in [5.41, 5.74) is 0.634. The molecule has 1 N–H and O–H groups in total. The highest BCUT2D eigenvalue weighted by Crippen LogP contribution is 2.32. The summed E-state index contributed by atoms with van der Waals surface area (Å²) in [5, 5.41) is 19.8. The molecular weight excluding hydrogens is 348 g/mol. The van der Waals surface area contributed by atoms with Crippen molar-refractivity contribution in [2.24, 2.45) is 0 Å². The van der Waals surface area contributed by atoms with E-state index in [-0.39, 0.29) is 18.0 Å². The molecule has 0 radical (unpaired) electrons. The van der Waals surface area contributed by atoms with Crippen molar-refractivity contribution in [1.29, 1.82) is 0 Å². The number of aliphatic hydroxyl groups excluding tert-OH is 1. The van der Waals surface area contributed by atoms with Crippen LogP contribution in [-0.4, -0.2) is 44.5 Å². The Morgan fingerprint density at radius 2 is 2.08 bits per heavy atom. The number of hydrogen-bond donors (Lipinski definition) is 1. The summed E-state index contributed by atoms with van der Waals surface area (Å²) in [6, 6.07) is 5.64. The number of aliphatic hydroxyl groups is 1. The van der Waals surface area contributed by atoms with Crippen LogP contribution in [0.5, 0.6) is 0 Å². The molecule has 0 aromatic heterocycles. The average molecular weight is 366 g/mol. The van der Waals surface area contributed by atoms with Gasteiger partial charge in [0.1, 0.15) is 17.7 Å². The van der Waals surface area contributed by atoms with E-state index in [0.29, 0.717) is 12.0 Å². The topological polar surface area (TPSA) is 110 Å². The number of amides is 1. The van der Waals surface area contributed by atoms with Gasteiger partial charge >= 0.3 is 5.97 Å². The molecule has 0 saturated carbocycles. The van der Waals surface area contributed by atoms with Crippen molar-refractivity contribution in [3.05, 3.63) is 51.7 Å². The highest BCUT2D eigenvalue weighted by atomic mass is 32.2. The fourth-order valence-electron chi connectivity index (χ4n) is 2.35. The molecule has 2 atom stereocenters. The quantitative estimate of drug-likeness (QED) is 0.258. The molecule has 25 heavy (non-hydrogen) atoms. The number of nitro benzene ring substituents is 1. The lowest BCUT2D eigenvalue weighted by Crippen LogP contribution is -2.63. The number of benzene rings is 1. The first-order valence-electron chi connectivity index (χ1n) is 7.55. The van der Waals surface area contributed by atoms with Crippen LogP contribution in [0.4, 0.5) is 5.69 Å². The van der Waals surface area contributed by atoms with E-state index in [9.17, 15) is 24.8 Å². The monoisotopic (exact) mass is 366 g/mol. The summed E-state index contributed by atoms with van der Waals surface area (Å²) >= 11 is 1.26. The molecule has 134 valence electrons. The Labute approximate surface area is 148 Å². The zero-order chi connectivity index (χ0) is 18.6. The van der Waals surface area contributed by atoms with Gasteiger partial charge in [0.2, 0.25) is 0 Å². The Morgan fingerprint density at radius 3 is 2.60 bits per heavy atom. The number of hydrogen-bond acceptors (Lipinski definition) is 7. The molecule has 0 aliphatic carbocycles. The first-order valence-corrected chi connectivity index (χ1v) is 8.84. The largest absolute Gasteiger partial charge is 0.456 e. The third kappa shape index (κ3) is 3.99. The lowest BCUT2D eigenvalue weighted by molar-refractivity contribution is -0.384. The van der Waals surface area contributed by atoms with E-state index in [1.165, 1.54) is 40.9 Å². The van der Waals surface area contributed by atoms with E-state index in [4.69, 9.17) is 4.74 Å². The second kappa shape index (κ2) is 8.13. The van der Waals surface area contributed by atoms with E-state index in [1.54, 1.807) is 12.3 Å². The molecule has 2 rings (SSSR count). The minimum absolute atomic E-state index is 0.0513. The van der Waals surface area contributed by atoms with Crippen LogP contribution in [0.15, 0.2) is 36.0 Å². The van der Waals surface area contributed by atoms with Gasteiger partial charge in [0, 0.05) is 12.1 Å². The molecule has 1 aliphatic heterocycles. The van der Waals surface area contributed by atoms with Gasteiger partial charge in [0.15, 0.2) is 6.10 Å². The Balaban J connectivity index is 2.05. The van der Waals surface area contributed by atoms with Gasteiger partial charge in [-0.25, -0.2) is 4.79 Å². The van der Waals surface area contributed by atoms with Crippen LogP contribution in [0, 0.1) is 10.1 Å². The number of β-lactam (4-membered cyclic amide) rings is 1. The summed E-state index contributed by atoms with van der Waals surface area (Å²) in [6.45, 7) is 1.74. The maximum Gasteiger partial charge on any atom is 0.355 e. The average Bonchev–Trinajstić information content (AvgIpc) is 2.62. The van der Waals surface area contributed by atoms with Crippen molar-refractivity contribution < 1.29 is 24.4 Å². The molecule has 0 spiro atoms. The third-order valence-electron chi connectivity index (χ3n) is 3.64. The summed E-state index contributed by atoms with van der Waals surface area (Å²) < 4.78 is 5.21. The van der Waals surface area contributed by atoms with Crippen molar-refractivity contribution in [2.45, 2.75) is 31.4 Å². The number of nitro groups is 1. The van der Waals surface area contributed by atoms with Crippen molar-refractivity contribution in [2.75, 3.05) is 6.26 Å². The van der Waals surface area contributed by atoms with Crippen LogP contribution in [0.25, 0.3) is 0 Å². The third-order valence-corrected chi connectivity index (χ3v) is 4.59. The molecule has 1 aromatic rings. The highest BCUT2D eigenvalue weighted by molar-refractivity contribution is 7.99. The van der Waals surface area contributed by atoms with Gasteiger partial charge in [-0.15, -0.1) is 11.8 Å². The summed E-state index contributed by atoms with van der Waals surface area (Å²) in [6.07, 6.45) is 2.70. The maximum atomic E-state index is 12.3. The van der Waals surface area contributed by atoms with Gasteiger partial charge in [-0.2, -0.15) is 0 Å². The van der Waals surface area contributed by atoms with Gasteiger partial charge in [-0.1, -0.05) is 13.0 Å². The standard InChI is InChI=1S/C16H18N2O6S/c1-3-4-12(17-14(20)13(19)15(17)25-2)16(21)24-9-10-5-7-11(8-6-10)18(22)23/h4-8,13,15,19H,3,9H2,1-2H3/b12-4+. The number of carbonyl (C=O) groups excluding carboxylic acids is 2. The number of allylic oxidation sites excluding steroid dienone is 1. The second-order valence-corrected chi connectivity index (χ2v) is 6.23. The Bertz CT molecular complexity index is 703. The maximum absolute atomic E-state index is 12.3. The molecule has 9 heteroatoms. The van der Waals surface area contributed by atoms with Crippen LogP contribution in [0.1, 0.15) is 18.9 Å². The lowest BCUT2D eigenvalue weighted by atomic mass is 10.1. The number of esters is 1. The first kappa shape index (κ1) is 18.9. The zero-order valence-corrected chi connectivity index (χ0v) is 14.6. The van der Waals surface area contributed by atoms with Gasteiger partial charge in [0.25, 0.3) is 11.6 Å². The number of ether oxygens (including phenoxy) is 1. The second-order valence-electron chi connectivity index (χ2n) is 5.28. The smallest absolute Gasteiger partial charge is 0.355 e. The first-order chi connectivity index (χ1) is 11.9. The van der Waals surface area contributed by atoms with Gasteiger partial charge in [0.05, 0.1) is 4.92 Å². The number of thioether (sulfide) groups is 1. The number of likely N-dealkylation sites (tertiary alicyclic amines) is 1. The Kier molecular flexibility index (Phi) is 6.16. The SMILES string of the molecule is CC/C=C(\C(=O)OCc1ccc([N+](=O)[O-])cc1)N1C(=O)C(O)C1SC. The molecule has 8 nitrogen and oxygen atoms in total. The summed E-state index contributed by atoms with van der Waals surface area (Å²) in [5.74, 6) is -1.22. The number of rotatable bonds is 7. The van der Waals surface area contributed by atoms with E-state index in [0.717, 1.165) is 0 Å². The van der Waals surface area contributed by atoms with E-state index in [2.05, 4.69) is 0 Å². The molecule has 1 amide bonds. The van der Waals surface area contributed by atoms with Gasteiger partial charge in [-0.05, 0) is 30.4 Å². The zero-order valence-electron chi connectivity index (χ0n) is 13.7. The molecule has 1 aromatic carbocycles. The summed E-state index contributed by atoms with van der Waals surface area (Å²) in [4.78, 5) is 35.6. The molecule has 2 unspecified atom stereocenters. The highest BCUT2D eigenvalue weighted by Gasteiger charge is 2.49. The Morgan fingerprint density at radius 1 is 1.44 bits per heavy atom. The molecule has 1 saturated heterocycles. The number of non-ortho nitro benzene ring substituents is 1. The van der Waals surface area contributed by atoms with Gasteiger partial charge < -0.3 is 9.84 Å². The normalized spacial score (nSPS) is 20.2. The van der Waals surface area contributed by atoms with Gasteiger partial charge in [-0.3, -0.25) is 19.8 Å². The predicted octanol–water partition coefficient (Wildman–Crippen LogP) is 1.82. The number of nitrogens with zero attached hydrogens (tertiary/aromatic N) is 2. The summed E-state index contributed by atoms with van der Waals surface area (Å²) in [7, 11) is 0. The van der Waals surface area contributed by atoms with Crippen molar-refractivity contribution >= 4 is 29.3 Å². The lowest BCUT2D eigenvalue weighted by Gasteiger charge is -2.43. The minimum atomic E-state index is -1.13. The van der Waals surface area contributed by atoms with Crippen LogP contribution >= 0.6 is 11.8 Å². The van der Waals surface area contributed by atoms with Crippen LogP contribution in [-0.2, 0) is 20.9 Å². The van der Waals surface area contributed by atoms with Crippen molar-refractivity contribution in [1.82, 2.24) is 4.90 Å². The molecule has 1 heterocycles. The Hall–Kier alpha value is -2.39. The van der Waals surface area contributed by atoms with E-state index in [1.807, 2.05) is 6.92 Å². The predicted molar refractivity (Wildman–Crippen MR) is 91.4 cm³/mol. The molecule has 0 bridgehead atoms. The molecule has 1 aliphatic rings. The molecular formula is C16H18N2O6S. The van der Waals surface area contributed by atoms with E-state index >= 15 is 0 Å². The van der Waals surface area contributed by atoms with Crippen molar-refractivity contribution in [3.63, 3.8) is 0 Å². The van der Waals surface area contributed by atoms with Crippen molar-refractivity contribution in [3.8, 4) is 0 Å². The minimum Gasteiger partial charge on any atom is -0.456 e. The fourth-order valence-corrected chi connectivity index (χ4v) is 3.15. The van der Waals surface area contributed by atoms with Crippen LogP contribution in [0.2, 0.25) is 0 Å².